The van der Waals surface area contributed by atoms with Crippen molar-refractivity contribution in [2.24, 2.45) is 0 Å². The molecule has 2 fully saturated rings. The van der Waals surface area contributed by atoms with Gasteiger partial charge in [0.2, 0.25) is 16.0 Å². The first-order valence-electron chi connectivity index (χ1n) is 11.3. The summed E-state index contributed by atoms with van der Waals surface area (Å²) in [7, 11) is -2.15. The summed E-state index contributed by atoms with van der Waals surface area (Å²) in [5.41, 5.74) is 1.15. The van der Waals surface area contributed by atoms with Gasteiger partial charge in [0, 0.05) is 31.4 Å². The van der Waals surface area contributed by atoms with E-state index < -0.39 is 10.0 Å². The molecule has 0 radical (unpaired) electrons. The van der Waals surface area contributed by atoms with Crippen molar-refractivity contribution in [2.45, 2.75) is 36.6 Å². The molecule has 12 heteroatoms. The van der Waals surface area contributed by atoms with Crippen molar-refractivity contribution in [3.8, 4) is 5.75 Å². The Morgan fingerprint density at radius 1 is 1.21 bits per heavy atom. The van der Waals surface area contributed by atoms with Crippen molar-refractivity contribution < 1.29 is 17.9 Å². The second kappa shape index (κ2) is 9.57. The molecule has 182 valence electrons. The minimum absolute atomic E-state index is 0.160. The molecule has 34 heavy (non-hydrogen) atoms. The molecule has 0 atom stereocenters. The summed E-state index contributed by atoms with van der Waals surface area (Å²) in [5, 5.41) is 7.98. The van der Waals surface area contributed by atoms with Gasteiger partial charge < -0.3 is 25.1 Å². The second-order valence-corrected chi connectivity index (χ2v) is 10.7. The number of hydrogen-bond acceptors (Lipinski definition) is 8. The number of sulfonamides is 1. The minimum Gasteiger partial charge on any atom is -0.495 e. The second-order valence-electron chi connectivity index (χ2n) is 8.39. The van der Waals surface area contributed by atoms with Gasteiger partial charge in [-0.25, -0.2) is 8.42 Å². The molecule has 3 heterocycles. The number of anilines is 3. The zero-order valence-electron chi connectivity index (χ0n) is 18.8. The molecule has 0 spiro atoms. The van der Waals surface area contributed by atoms with E-state index in [4.69, 9.17) is 21.1 Å². The number of hydrogen-bond donors (Lipinski definition) is 3. The first kappa shape index (κ1) is 23.2. The molecule has 10 nitrogen and oxygen atoms in total. The summed E-state index contributed by atoms with van der Waals surface area (Å²) in [6.07, 6.45) is 6.24. The fourth-order valence-electron chi connectivity index (χ4n) is 4.41. The molecule has 3 aromatic rings. The zero-order chi connectivity index (χ0) is 23.7. The molecule has 3 N–H and O–H groups in total. The molecule has 1 aliphatic heterocycles. The summed E-state index contributed by atoms with van der Waals surface area (Å²) in [4.78, 5) is 12.5. The summed E-state index contributed by atoms with van der Waals surface area (Å²) in [6, 6.07) is 5.06. The van der Waals surface area contributed by atoms with Crippen molar-refractivity contribution in [2.75, 3.05) is 44.0 Å². The van der Waals surface area contributed by atoms with Crippen LogP contribution in [0.5, 0.6) is 5.75 Å². The van der Waals surface area contributed by atoms with Crippen LogP contribution in [-0.4, -0.2) is 67.1 Å². The van der Waals surface area contributed by atoms with E-state index in [1.165, 1.54) is 30.3 Å². The molecular weight excluding hydrogens is 480 g/mol. The molecule has 1 aromatic carbocycles. The standard InChI is InChI=1S/C22H27ClN6O4S/c1-32-18-12-15(34(30,31)29-8-10-33-11-9-29)6-7-17(18)26-22-27-20-19(16(23)13-24-20)21(28-22)25-14-4-2-3-5-14/h6-7,12-14H,2-5,8-11H2,1H3,(H3,24,25,26,27,28). The van der Waals surface area contributed by atoms with Gasteiger partial charge in [0.1, 0.15) is 17.2 Å². The van der Waals surface area contributed by atoms with E-state index in [-0.39, 0.29) is 4.90 Å². The van der Waals surface area contributed by atoms with Gasteiger partial charge in [-0.1, -0.05) is 24.4 Å². The van der Waals surface area contributed by atoms with Gasteiger partial charge in [-0.05, 0) is 25.0 Å². The predicted octanol–water partition coefficient (Wildman–Crippen LogP) is 3.74. The number of rotatable bonds is 7. The van der Waals surface area contributed by atoms with Crippen LogP contribution in [0.3, 0.4) is 0 Å². The smallest absolute Gasteiger partial charge is 0.243 e. The predicted molar refractivity (Wildman–Crippen MR) is 131 cm³/mol. The summed E-state index contributed by atoms with van der Waals surface area (Å²) < 4.78 is 38.3. The molecule has 1 saturated carbocycles. The van der Waals surface area contributed by atoms with Gasteiger partial charge in [-0.2, -0.15) is 14.3 Å². The maximum absolute atomic E-state index is 13.0. The monoisotopic (exact) mass is 506 g/mol. The third kappa shape index (κ3) is 4.52. The minimum atomic E-state index is -3.65. The first-order chi connectivity index (χ1) is 16.5. The Kier molecular flexibility index (Phi) is 6.52. The Morgan fingerprint density at radius 3 is 2.71 bits per heavy atom. The van der Waals surface area contributed by atoms with Crippen LogP contribution in [0.15, 0.2) is 29.3 Å². The van der Waals surface area contributed by atoms with Gasteiger partial charge in [0.15, 0.2) is 0 Å². The van der Waals surface area contributed by atoms with Gasteiger partial charge in [-0.3, -0.25) is 0 Å². The molecule has 2 aliphatic rings. The SMILES string of the molecule is COc1cc(S(=O)(=O)N2CCOCC2)ccc1Nc1nc(NC2CCCC2)c2c(Cl)c[nH]c2n1. The quantitative estimate of drug-likeness (QED) is 0.443. The molecule has 0 amide bonds. The van der Waals surface area contributed by atoms with E-state index >= 15 is 0 Å². The number of nitrogens with one attached hydrogen (secondary N) is 3. The number of fused-ring (bicyclic) bond motifs is 1. The van der Waals surface area contributed by atoms with E-state index in [9.17, 15) is 8.42 Å². The molecule has 2 aromatic heterocycles. The Balaban J connectivity index is 1.45. The largest absolute Gasteiger partial charge is 0.495 e. The Hall–Kier alpha value is -2.60. The average Bonchev–Trinajstić information content (AvgIpc) is 3.49. The molecular formula is C22H27ClN6O4S. The Labute approximate surface area is 203 Å². The lowest BCUT2D eigenvalue weighted by atomic mass is 10.2. The number of aromatic amines is 1. The number of ether oxygens (including phenoxy) is 2. The molecule has 0 bridgehead atoms. The van der Waals surface area contributed by atoms with E-state index in [1.54, 1.807) is 18.3 Å². The van der Waals surface area contributed by atoms with E-state index in [0.29, 0.717) is 66.2 Å². The fourth-order valence-corrected chi connectivity index (χ4v) is 6.07. The maximum Gasteiger partial charge on any atom is 0.243 e. The van der Waals surface area contributed by atoms with Crippen LogP contribution in [0.1, 0.15) is 25.7 Å². The normalized spacial score (nSPS) is 17.8. The van der Waals surface area contributed by atoms with Gasteiger partial charge in [0.05, 0.1) is 41.3 Å². The van der Waals surface area contributed by atoms with Crippen molar-refractivity contribution in [3.63, 3.8) is 0 Å². The highest BCUT2D eigenvalue weighted by atomic mass is 35.5. The van der Waals surface area contributed by atoms with Gasteiger partial charge in [-0.15, -0.1) is 0 Å². The highest BCUT2D eigenvalue weighted by molar-refractivity contribution is 7.89. The first-order valence-corrected chi connectivity index (χ1v) is 13.1. The molecule has 1 aliphatic carbocycles. The van der Waals surface area contributed by atoms with Crippen molar-refractivity contribution in [3.05, 3.63) is 29.4 Å². The van der Waals surface area contributed by atoms with Crippen LogP contribution in [0.25, 0.3) is 11.0 Å². The van der Waals surface area contributed by atoms with E-state index in [0.717, 1.165) is 18.2 Å². The highest BCUT2D eigenvalue weighted by Crippen LogP contribution is 2.34. The zero-order valence-corrected chi connectivity index (χ0v) is 20.4. The number of nitrogens with zero attached hydrogens (tertiary/aromatic N) is 3. The van der Waals surface area contributed by atoms with Crippen LogP contribution in [0, 0.1) is 0 Å². The van der Waals surface area contributed by atoms with Crippen LogP contribution in [0.2, 0.25) is 5.02 Å². The maximum atomic E-state index is 13.0. The van der Waals surface area contributed by atoms with Gasteiger partial charge >= 0.3 is 0 Å². The number of methoxy groups -OCH3 is 1. The van der Waals surface area contributed by atoms with E-state index in [2.05, 4.69) is 25.6 Å². The summed E-state index contributed by atoms with van der Waals surface area (Å²) >= 11 is 6.39. The third-order valence-electron chi connectivity index (χ3n) is 6.21. The lowest BCUT2D eigenvalue weighted by Gasteiger charge is -2.26. The van der Waals surface area contributed by atoms with Crippen LogP contribution in [0.4, 0.5) is 17.5 Å². The lowest BCUT2D eigenvalue weighted by Crippen LogP contribution is -2.40. The molecule has 0 unspecified atom stereocenters. The lowest BCUT2D eigenvalue weighted by molar-refractivity contribution is 0.0730. The Morgan fingerprint density at radius 2 is 1.97 bits per heavy atom. The van der Waals surface area contributed by atoms with Crippen LogP contribution < -0.4 is 15.4 Å². The number of benzene rings is 1. The molecule has 1 saturated heterocycles. The van der Waals surface area contributed by atoms with Crippen molar-refractivity contribution in [1.29, 1.82) is 0 Å². The van der Waals surface area contributed by atoms with Crippen LogP contribution >= 0.6 is 11.6 Å². The number of halogens is 1. The average molecular weight is 507 g/mol. The van der Waals surface area contributed by atoms with Crippen LogP contribution in [-0.2, 0) is 14.8 Å². The summed E-state index contributed by atoms with van der Waals surface area (Å²) in [5.74, 6) is 1.37. The van der Waals surface area contributed by atoms with Crippen molar-refractivity contribution >= 4 is 50.1 Å². The number of H-pyrrole nitrogens is 1. The fraction of sp³-hybridized carbons (Fsp3) is 0.455. The highest BCUT2D eigenvalue weighted by Gasteiger charge is 2.27. The molecule has 5 rings (SSSR count). The topological polar surface area (TPSA) is 121 Å². The van der Waals surface area contributed by atoms with E-state index in [1.807, 2.05) is 0 Å². The summed E-state index contributed by atoms with van der Waals surface area (Å²) in [6.45, 7) is 1.42. The Bertz CT molecular complexity index is 1290. The third-order valence-corrected chi connectivity index (χ3v) is 8.40. The number of aromatic nitrogens is 3. The van der Waals surface area contributed by atoms with Crippen molar-refractivity contribution in [1.82, 2.24) is 19.3 Å². The van der Waals surface area contributed by atoms with Gasteiger partial charge in [0.25, 0.3) is 0 Å². The number of morpholine rings is 1.